The van der Waals surface area contributed by atoms with Crippen LogP contribution in [0.1, 0.15) is 15.2 Å². The van der Waals surface area contributed by atoms with E-state index in [1.807, 2.05) is 0 Å². The molecule has 1 aromatic carbocycles. The van der Waals surface area contributed by atoms with Gasteiger partial charge in [0.2, 0.25) is 0 Å². The molecule has 0 spiro atoms. The first kappa shape index (κ1) is 18.5. The summed E-state index contributed by atoms with van der Waals surface area (Å²) in [6.45, 7) is 0.234. The molecule has 9 heteroatoms. The second kappa shape index (κ2) is 7.94. The van der Waals surface area contributed by atoms with Gasteiger partial charge in [-0.15, -0.1) is 11.3 Å². The molecule has 1 amide bonds. The van der Waals surface area contributed by atoms with Gasteiger partial charge in [0.15, 0.2) is 5.82 Å². The van der Waals surface area contributed by atoms with E-state index < -0.39 is 0 Å². The van der Waals surface area contributed by atoms with Crippen molar-refractivity contribution in [1.82, 2.24) is 20.1 Å². The Morgan fingerprint density at radius 1 is 1.46 bits per heavy atom. The first-order chi connectivity index (χ1) is 12.5. The lowest BCUT2D eigenvalue weighted by atomic mass is 10.1. The summed E-state index contributed by atoms with van der Waals surface area (Å²) in [4.78, 5) is 17.2. The van der Waals surface area contributed by atoms with E-state index in [9.17, 15) is 9.18 Å². The van der Waals surface area contributed by atoms with Crippen molar-refractivity contribution in [1.29, 1.82) is 0 Å². The molecule has 0 aliphatic heterocycles. The minimum Gasteiger partial charge on any atom is -0.347 e. The summed E-state index contributed by atoms with van der Waals surface area (Å²) < 4.78 is 15.4. The molecule has 26 heavy (non-hydrogen) atoms. The minimum atomic E-state index is -0.317. The Balaban J connectivity index is 1.73. The number of carbonyl (C=O) groups is 1. The summed E-state index contributed by atoms with van der Waals surface area (Å²) in [6.07, 6.45) is 1.86. The maximum atomic E-state index is 13.3. The molecule has 0 unspecified atom stereocenters. The highest BCUT2D eigenvalue weighted by molar-refractivity contribution is 7.18. The maximum absolute atomic E-state index is 13.3. The Labute approximate surface area is 158 Å². The number of nitrogens with one attached hydrogen (secondary N) is 1. The van der Waals surface area contributed by atoms with Crippen LogP contribution in [-0.4, -0.2) is 33.3 Å². The lowest BCUT2D eigenvalue weighted by molar-refractivity contribution is 0.0942. The molecule has 6 nitrogen and oxygen atoms in total. The average Bonchev–Trinajstić information content (AvgIpc) is 3.19. The maximum Gasteiger partial charge on any atom is 0.261 e. The summed E-state index contributed by atoms with van der Waals surface area (Å²) >= 11 is 7.42. The fourth-order valence-corrected chi connectivity index (χ4v) is 3.74. The van der Waals surface area contributed by atoms with E-state index in [2.05, 4.69) is 15.4 Å². The number of hydrogen-bond acceptors (Lipinski definition) is 5. The van der Waals surface area contributed by atoms with Gasteiger partial charge in [0.1, 0.15) is 16.5 Å². The zero-order valence-corrected chi connectivity index (χ0v) is 15.5. The lowest BCUT2D eigenvalue weighted by Gasteiger charge is -2.16. The highest BCUT2D eigenvalue weighted by atomic mass is 35.5. The molecule has 0 saturated carbocycles. The van der Waals surface area contributed by atoms with Gasteiger partial charge in [0.05, 0.1) is 4.88 Å². The Hall–Kier alpha value is -2.29. The highest BCUT2D eigenvalue weighted by Gasteiger charge is 2.20. The van der Waals surface area contributed by atoms with Gasteiger partial charge in [-0.25, -0.2) is 14.1 Å². The van der Waals surface area contributed by atoms with Crippen LogP contribution < -0.4 is 11.1 Å². The summed E-state index contributed by atoms with van der Waals surface area (Å²) in [5, 5.41) is 6.88. The summed E-state index contributed by atoms with van der Waals surface area (Å²) in [7, 11) is 1.75. The number of halogens is 2. The van der Waals surface area contributed by atoms with Crippen molar-refractivity contribution >= 4 is 28.8 Å². The van der Waals surface area contributed by atoms with Crippen LogP contribution in [0.3, 0.4) is 0 Å². The van der Waals surface area contributed by atoms with Crippen LogP contribution in [0.25, 0.3) is 11.4 Å². The van der Waals surface area contributed by atoms with E-state index in [0.29, 0.717) is 27.0 Å². The number of hydrogen-bond donors (Lipinski definition) is 2. The van der Waals surface area contributed by atoms with Crippen LogP contribution in [-0.2, 0) is 13.5 Å². The molecular formula is C17H17ClFN5OS. The normalized spacial score (nSPS) is 12.2. The monoisotopic (exact) mass is 393 g/mol. The Morgan fingerprint density at radius 3 is 2.92 bits per heavy atom. The molecule has 0 aliphatic carbocycles. The third-order valence-electron chi connectivity index (χ3n) is 3.85. The average molecular weight is 394 g/mol. The molecule has 2 aromatic heterocycles. The van der Waals surface area contributed by atoms with Crippen molar-refractivity contribution in [2.45, 2.75) is 12.5 Å². The number of thiophene rings is 1. The number of nitrogens with zero attached hydrogens (tertiary/aromatic N) is 3. The van der Waals surface area contributed by atoms with Crippen molar-refractivity contribution in [3.05, 3.63) is 57.3 Å². The van der Waals surface area contributed by atoms with Gasteiger partial charge in [-0.2, -0.15) is 5.10 Å². The first-order valence-corrected chi connectivity index (χ1v) is 9.06. The number of amides is 1. The van der Waals surface area contributed by atoms with Gasteiger partial charge in [0.25, 0.3) is 5.91 Å². The van der Waals surface area contributed by atoms with Crippen LogP contribution in [0.2, 0.25) is 4.34 Å². The Bertz CT molecular complexity index is 926. The van der Waals surface area contributed by atoms with Gasteiger partial charge >= 0.3 is 0 Å². The second-order valence-electron chi connectivity index (χ2n) is 5.75. The molecular weight excluding hydrogens is 377 g/mol. The zero-order chi connectivity index (χ0) is 18.7. The fourth-order valence-electron chi connectivity index (χ4n) is 2.57. The zero-order valence-electron chi connectivity index (χ0n) is 13.9. The Kier molecular flexibility index (Phi) is 5.65. The number of carbonyl (C=O) groups excluding carboxylic acids is 1. The predicted molar refractivity (Wildman–Crippen MR) is 99.7 cm³/mol. The van der Waals surface area contributed by atoms with Gasteiger partial charge in [-0.1, -0.05) is 23.7 Å². The predicted octanol–water partition coefficient (Wildman–Crippen LogP) is 2.64. The van der Waals surface area contributed by atoms with E-state index in [1.54, 1.807) is 29.9 Å². The van der Waals surface area contributed by atoms with Crippen LogP contribution in [0.5, 0.6) is 0 Å². The highest BCUT2D eigenvalue weighted by Crippen LogP contribution is 2.34. The number of aryl methyl sites for hydroxylation is 1. The van der Waals surface area contributed by atoms with Crippen LogP contribution in [0.4, 0.5) is 4.39 Å². The van der Waals surface area contributed by atoms with Gasteiger partial charge < -0.3 is 11.1 Å². The third kappa shape index (κ3) is 4.09. The molecule has 0 saturated heterocycles. The largest absolute Gasteiger partial charge is 0.347 e. The van der Waals surface area contributed by atoms with Crippen molar-refractivity contribution < 1.29 is 9.18 Å². The third-order valence-corrected chi connectivity index (χ3v) is 5.21. The molecule has 2 heterocycles. The minimum absolute atomic E-state index is 0.234. The number of nitrogens with two attached hydrogens (primary N) is 1. The lowest BCUT2D eigenvalue weighted by Crippen LogP contribution is -2.41. The summed E-state index contributed by atoms with van der Waals surface area (Å²) in [5.41, 5.74) is 7.18. The second-order valence-corrected chi connectivity index (χ2v) is 7.40. The molecule has 3 rings (SSSR count). The van der Waals surface area contributed by atoms with E-state index in [4.69, 9.17) is 17.3 Å². The number of aromatic nitrogens is 3. The molecule has 3 aromatic rings. The quantitative estimate of drug-likeness (QED) is 0.674. The van der Waals surface area contributed by atoms with Crippen molar-refractivity contribution in [3.8, 4) is 11.4 Å². The van der Waals surface area contributed by atoms with Crippen LogP contribution in [0.15, 0.2) is 36.7 Å². The summed E-state index contributed by atoms with van der Waals surface area (Å²) in [6, 6.07) is 7.61. The first-order valence-electron chi connectivity index (χ1n) is 7.87. The molecule has 0 fully saturated rings. The van der Waals surface area contributed by atoms with Crippen molar-refractivity contribution in [2.75, 3.05) is 6.54 Å². The van der Waals surface area contributed by atoms with Gasteiger partial charge in [-0.3, -0.25) is 4.79 Å². The molecule has 0 radical (unpaired) electrons. The smallest absolute Gasteiger partial charge is 0.261 e. The molecule has 136 valence electrons. The van der Waals surface area contributed by atoms with E-state index in [1.165, 1.54) is 18.5 Å². The molecule has 3 N–H and O–H groups in total. The number of rotatable bonds is 6. The van der Waals surface area contributed by atoms with E-state index in [0.717, 1.165) is 16.9 Å². The summed E-state index contributed by atoms with van der Waals surface area (Å²) in [5.74, 6) is -0.0134. The van der Waals surface area contributed by atoms with Crippen molar-refractivity contribution in [2.24, 2.45) is 12.8 Å². The van der Waals surface area contributed by atoms with E-state index in [-0.39, 0.29) is 24.3 Å². The molecule has 0 aliphatic rings. The van der Waals surface area contributed by atoms with Gasteiger partial charge in [0, 0.05) is 25.2 Å². The van der Waals surface area contributed by atoms with Crippen molar-refractivity contribution in [3.63, 3.8) is 0 Å². The topological polar surface area (TPSA) is 85.8 Å². The molecule has 0 bridgehead atoms. The standard InChI is InChI=1S/C17H17ClFN5OS/c1-24-16(21-9-22-24)13-7-14(26-15(13)18)17(25)23-12(8-20)6-10-3-2-4-11(19)5-10/h2-5,7,9,12H,6,8,20H2,1H3,(H,23,25)/t12-/m0/s1. The van der Waals surface area contributed by atoms with Crippen LogP contribution in [0, 0.1) is 5.82 Å². The molecule has 1 atom stereocenters. The fraction of sp³-hybridized carbons (Fsp3) is 0.235. The van der Waals surface area contributed by atoms with Gasteiger partial charge in [-0.05, 0) is 30.2 Å². The van der Waals surface area contributed by atoms with Crippen LogP contribution >= 0.6 is 22.9 Å². The SMILES string of the molecule is Cn1ncnc1-c1cc(C(=O)N[C@H](CN)Cc2cccc(F)c2)sc1Cl. The Morgan fingerprint density at radius 2 is 2.27 bits per heavy atom. The van der Waals surface area contributed by atoms with E-state index >= 15 is 0 Å². The number of benzene rings is 1.